The number of benzene rings is 1. The Morgan fingerprint density at radius 2 is 2.18 bits per heavy atom. The minimum Gasteiger partial charge on any atom is -0.275 e. The van der Waals surface area contributed by atoms with Gasteiger partial charge in [0.1, 0.15) is 5.82 Å². The van der Waals surface area contributed by atoms with Crippen molar-refractivity contribution in [3.05, 3.63) is 53.1 Å². The van der Waals surface area contributed by atoms with Gasteiger partial charge in [0.05, 0.1) is 11.7 Å². The Kier molecular flexibility index (Phi) is 3.21. The van der Waals surface area contributed by atoms with Gasteiger partial charge in [0.15, 0.2) is 0 Å². The number of aromatic nitrogens is 2. The van der Waals surface area contributed by atoms with Crippen LogP contribution in [0.4, 0.5) is 4.39 Å². The molecule has 0 bridgehead atoms. The topological polar surface area (TPSA) is 55.9 Å². The van der Waals surface area contributed by atoms with Crippen LogP contribution in [-0.2, 0) is 7.05 Å². The standard InChI is InChI=1S/C12H15FN4/c1-8-7-9(13)3-4-10(8)12(15-14)11-5-6-17(2)16-11/h3-7,12,15H,14H2,1-2H3. The van der Waals surface area contributed by atoms with Crippen LogP contribution in [0.5, 0.6) is 0 Å². The number of aryl methyl sites for hydroxylation is 2. The van der Waals surface area contributed by atoms with Gasteiger partial charge in [0.25, 0.3) is 0 Å². The fraction of sp³-hybridized carbons (Fsp3) is 0.250. The molecule has 0 radical (unpaired) electrons. The van der Waals surface area contributed by atoms with Crippen molar-refractivity contribution in [3.8, 4) is 0 Å². The highest BCUT2D eigenvalue weighted by molar-refractivity contribution is 5.34. The van der Waals surface area contributed by atoms with Gasteiger partial charge in [0, 0.05) is 13.2 Å². The van der Waals surface area contributed by atoms with E-state index in [1.54, 1.807) is 10.7 Å². The van der Waals surface area contributed by atoms with E-state index in [9.17, 15) is 4.39 Å². The number of hydrogen-bond acceptors (Lipinski definition) is 3. The Morgan fingerprint density at radius 3 is 2.71 bits per heavy atom. The summed E-state index contributed by atoms with van der Waals surface area (Å²) >= 11 is 0. The van der Waals surface area contributed by atoms with E-state index in [4.69, 9.17) is 5.84 Å². The molecule has 3 N–H and O–H groups in total. The summed E-state index contributed by atoms with van der Waals surface area (Å²) in [4.78, 5) is 0. The molecule has 0 aliphatic rings. The van der Waals surface area contributed by atoms with Crippen molar-refractivity contribution in [1.82, 2.24) is 15.2 Å². The van der Waals surface area contributed by atoms with Crippen LogP contribution < -0.4 is 11.3 Å². The normalized spacial score (nSPS) is 12.7. The summed E-state index contributed by atoms with van der Waals surface area (Å²) < 4.78 is 14.8. The molecule has 17 heavy (non-hydrogen) atoms. The molecule has 0 amide bonds. The van der Waals surface area contributed by atoms with Crippen molar-refractivity contribution in [2.45, 2.75) is 13.0 Å². The number of hydrogen-bond donors (Lipinski definition) is 2. The van der Waals surface area contributed by atoms with Gasteiger partial charge in [-0.1, -0.05) is 6.07 Å². The summed E-state index contributed by atoms with van der Waals surface area (Å²) in [5, 5.41) is 4.30. The van der Waals surface area contributed by atoms with E-state index in [0.717, 1.165) is 16.8 Å². The maximum Gasteiger partial charge on any atom is 0.123 e. The number of rotatable bonds is 3. The maximum absolute atomic E-state index is 13.1. The van der Waals surface area contributed by atoms with Gasteiger partial charge in [-0.05, 0) is 36.2 Å². The summed E-state index contributed by atoms with van der Waals surface area (Å²) in [6, 6.07) is 6.30. The first-order valence-electron chi connectivity index (χ1n) is 5.33. The molecule has 1 aromatic carbocycles. The number of hydrazine groups is 1. The smallest absolute Gasteiger partial charge is 0.123 e. The predicted octanol–water partition coefficient (Wildman–Crippen LogP) is 1.42. The molecule has 5 heteroatoms. The zero-order valence-corrected chi connectivity index (χ0v) is 9.81. The average Bonchev–Trinajstić information content (AvgIpc) is 2.69. The van der Waals surface area contributed by atoms with Crippen LogP contribution in [0.3, 0.4) is 0 Å². The maximum atomic E-state index is 13.1. The van der Waals surface area contributed by atoms with Crippen LogP contribution in [0, 0.1) is 12.7 Å². The fourth-order valence-corrected chi connectivity index (χ4v) is 1.88. The van der Waals surface area contributed by atoms with Crippen molar-refractivity contribution >= 4 is 0 Å². The molecule has 1 unspecified atom stereocenters. The van der Waals surface area contributed by atoms with Crippen LogP contribution >= 0.6 is 0 Å². The minimum atomic E-state index is -0.247. The number of nitrogens with zero attached hydrogens (tertiary/aromatic N) is 2. The van der Waals surface area contributed by atoms with Gasteiger partial charge in [-0.2, -0.15) is 5.10 Å². The highest BCUT2D eigenvalue weighted by atomic mass is 19.1. The van der Waals surface area contributed by atoms with E-state index in [1.807, 2.05) is 26.2 Å². The highest BCUT2D eigenvalue weighted by Gasteiger charge is 2.17. The van der Waals surface area contributed by atoms with E-state index < -0.39 is 0 Å². The van der Waals surface area contributed by atoms with Crippen LogP contribution in [-0.4, -0.2) is 9.78 Å². The SMILES string of the molecule is Cc1cc(F)ccc1C(NN)c1ccn(C)n1. The lowest BCUT2D eigenvalue weighted by atomic mass is 9.99. The van der Waals surface area contributed by atoms with Crippen molar-refractivity contribution < 1.29 is 4.39 Å². The fourth-order valence-electron chi connectivity index (χ4n) is 1.88. The third-order valence-corrected chi connectivity index (χ3v) is 2.74. The predicted molar refractivity (Wildman–Crippen MR) is 63.5 cm³/mol. The first-order chi connectivity index (χ1) is 8.11. The lowest BCUT2D eigenvalue weighted by Crippen LogP contribution is -2.29. The Morgan fingerprint density at radius 1 is 1.41 bits per heavy atom. The Labute approximate surface area is 99.2 Å². The van der Waals surface area contributed by atoms with Crippen LogP contribution in [0.15, 0.2) is 30.5 Å². The summed E-state index contributed by atoms with van der Waals surface area (Å²) in [5.41, 5.74) is 5.29. The van der Waals surface area contributed by atoms with Crippen molar-refractivity contribution in [3.63, 3.8) is 0 Å². The zero-order valence-electron chi connectivity index (χ0n) is 9.81. The first-order valence-corrected chi connectivity index (χ1v) is 5.33. The van der Waals surface area contributed by atoms with E-state index >= 15 is 0 Å². The minimum absolute atomic E-state index is 0.225. The third kappa shape index (κ3) is 2.35. The molecule has 0 aliphatic carbocycles. The Balaban J connectivity index is 2.42. The van der Waals surface area contributed by atoms with Crippen LogP contribution in [0.1, 0.15) is 22.9 Å². The Bertz CT molecular complexity index is 521. The molecular formula is C12H15FN4. The molecule has 0 aliphatic heterocycles. The van der Waals surface area contributed by atoms with Crippen molar-refractivity contribution in [2.75, 3.05) is 0 Å². The van der Waals surface area contributed by atoms with Gasteiger partial charge in [-0.15, -0.1) is 0 Å². The molecule has 0 saturated carbocycles. The summed E-state index contributed by atoms with van der Waals surface area (Å²) in [6.07, 6.45) is 1.85. The molecule has 1 heterocycles. The zero-order chi connectivity index (χ0) is 12.4. The largest absolute Gasteiger partial charge is 0.275 e. The van der Waals surface area contributed by atoms with Crippen molar-refractivity contribution in [2.24, 2.45) is 12.9 Å². The molecule has 90 valence electrons. The summed E-state index contributed by atoms with van der Waals surface area (Å²) in [5.74, 6) is 5.31. The van der Waals surface area contributed by atoms with Gasteiger partial charge in [-0.25, -0.2) is 9.82 Å². The number of halogens is 1. The molecule has 2 aromatic rings. The number of nitrogens with one attached hydrogen (secondary N) is 1. The second kappa shape index (κ2) is 4.65. The Hall–Kier alpha value is -1.72. The molecule has 0 fully saturated rings. The van der Waals surface area contributed by atoms with E-state index in [1.165, 1.54) is 12.1 Å². The van der Waals surface area contributed by atoms with Gasteiger partial charge < -0.3 is 0 Å². The van der Waals surface area contributed by atoms with Crippen LogP contribution in [0.25, 0.3) is 0 Å². The second-order valence-corrected chi connectivity index (χ2v) is 4.01. The van der Waals surface area contributed by atoms with Gasteiger partial charge >= 0.3 is 0 Å². The quantitative estimate of drug-likeness (QED) is 0.624. The number of nitrogens with two attached hydrogens (primary N) is 1. The molecule has 0 saturated heterocycles. The summed E-state index contributed by atoms with van der Waals surface area (Å²) in [6.45, 7) is 1.85. The van der Waals surface area contributed by atoms with Crippen molar-refractivity contribution in [1.29, 1.82) is 0 Å². The lowest BCUT2D eigenvalue weighted by molar-refractivity contribution is 0.593. The molecular weight excluding hydrogens is 219 g/mol. The van der Waals surface area contributed by atoms with E-state index in [0.29, 0.717) is 0 Å². The highest BCUT2D eigenvalue weighted by Crippen LogP contribution is 2.23. The monoisotopic (exact) mass is 234 g/mol. The lowest BCUT2D eigenvalue weighted by Gasteiger charge is -2.16. The first kappa shape index (κ1) is 11.8. The molecule has 1 atom stereocenters. The van der Waals surface area contributed by atoms with E-state index in [2.05, 4.69) is 10.5 Å². The summed E-state index contributed by atoms with van der Waals surface area (Å²) in [7, 11) is 1.84. The molecule has 2 rings (SSSR count). The van der Waals surface area contributed by atoms with E-state index in [-0.39, 0.29) is 11.9 Å². The van der Waals surface area contributed by atoms with Gasteiger partial charge in [0.2, 0.25) is 0 Å². The molecule has 4 nitrogen and oxygen atoms in total. The molecule has 1 aromatic heterocycles. The molecule has 0 spiro atoms. The third-order valence-electron chi connectivity index (χ3n) is 2.74. The van der Waals surface area contributed by atoms with Crippen LogP contribution in [0.2, 0.25) is 0 Å². The second-order valence-electron chi connectivity index (χ2n) is 4.01. The van der Waals surface area contributed by atoms with Gasteiger partial charge in [-0.3, -0.25) is 10.5 Å². The average molecular weight is 234 g/mol.